The van der Waals surface area contributed by atoms with Crippen LogP contribution in [0.2, 0.25) is 0 Å². The van der Waals surface area contributed by atoms with Crippen molar-refractivity contribution in [3.8, 4) is 17.2 Å². The molecule has 2 aromatic carbocycles. The second-order valence-corrected chi connectivity index (χ2v) is 6.88. The van der Waals surface area contributed by atoms with Crippen molar-refractivity contribution < 1.29 is 19.0 Å². The summed E-state index contributed by atoms with van der Waals surface area (Å²) in [6, 6.07) is 13.9. The molecule has 2 aromatic rings. The lowest BCUT2D eigenvalue weighted by atomic mass is 10.2. The van der Waals surface area contributed by atoms with Crippen molar-refractivity contribution >= 4 is 17.3 Å². The van der Waals surface area contributed by atoms with E-state index in [-0.39, 0.29) is 5.91 Å². The maximum absolute atomic E-state index is 12.4. The Morgan fingerprint density at radius 2 is 1.55 bits per heavy atom. The minimum absolute atomic E-state index is 0.0373. The molecule has 0 aliphatic carbocycles. The topological polar surface area (TPSA) is 63.3 Å². The summed E-state index contributed by atoms with van der Waals surface area (Å²) in [4.78, 5) is 17.1. The molecule has 1 aliphatic heterocycles. The highest BCUT2D eigenvalue weighted by Crippen LogP contribution is 2.39. The average molecular weight is 399 g/mol. The number of hydrogen-bond donors (Lipinski definition) is 1. The number of amides is 1. The molecule has 1 fully saturated rings. The molecule has 29 heavy (non-hydrogen) atoms. The average Bonchev–Trinajstić information content (AvgIpc) is 2.78. The maximum atomic E-state index is 12.4. The van der Waals surface area contributed by atoms with E-state index in [0.29, 0.717) is 29.4 Å². The van der Waals surface area contributed by atoms with E-state index < -0.39 is 0 Å². The largest absolute Gasteiger partial charge is 0.493 e. The number of methoxy groups -OCH3 is 3. The van der Waals surface area contributed by atoms with Gasteiger partial charge in [-0.15, -0.1) is 0 Å². The van der Waals surface area contributed by atoms with E-state index in [1.807, 2.05) is 6.07 Å². The lowest BCUT2D eigenvalue weighted by molar-refractivity contribution is -0.116. The Kier molecular flexibility index (Phi) is 7.19. The molecular weight excluding hydrogens is 370 g/mol. The Balaban J connectivity index is 1.49. The molecule has 0 radical (unpaired) electrons. The third kappa shape index (κ3) is 5.32. The number of nitrogens with one attached hydrogen (secondary N) is 1. The number of piperazine rings is 1. The first-order valence-electron chi connectivity index (χ1n) is 9.76. The molecule has 0 spiro atoms. The first-order chi connectivity index (χ1) is 14.1. The fourth-order valence-electron chi connectivity index (χ4n) is 3.50. The summed E-state index contributed by atoms with van der Waals surface area (Å²) in [5.74, 6) is 1.49. The van der Waals surface area contributed by atoms with Crippen molar-refractivity contribution in [1.29, 1.82) is 0 Å². The van der Waals surface area contributed by atoms with E-state index in [4.69, 9.17) is 14.2 Å². The molecule has 1 N–H and O–H groups in total. The fourth-order valence-corrected chi connectivity index (χ4v) is 3.50. The number of carbonyl (C=O) groups is 1. The number of hydrogen-bond acceptors (Lipinski definition) is 6. The number of para-hydroxylation sites is 1. The van der Waals surface area contributed by atoms with Crippen LogP contribution in [0.3, 0.4) is 0 Å². The standard InChI is InChI=1S/C22H29N3O4/c1-27-19-15-17(16-20(28-2)22(19)29-3)23-21(26)9-10-24-11-13-25(14-12-24)18-7-5-4-6-8-18/h4-8,15-16H,9-14H2,1-3H3,(H,23,26). The molecule has 1 heterocycles. The summed E-state index contributed by atoms with van der Waals surface area (Å²) in [6.07, 6.45) is 0.433. The van der Waals surface area contributed by atoms with Crippen molar-refractivity contribution in [1.82, 2.24) is 4.90 Å². The van der Waals surface area contributed by atoms with Crippen LogP contribution in [0.4, 0.5) is 11.4 Å². The van der Waals surface area contributed by atoms with E-state index in [1.54, 1.807) is 33.5 Å². The highest BCUT2D eigenvalue weighted by molar-refractivity contribution is 5.91. The van der Waals surface area contributed by atoms with Crippen LogP contribution in [0.5, 0.6) is 17.2 Å². The van der Waals surface area contributed by atoms with Crippen LogP contribution < -0.4 is 24.4 Å². The SMILES string of the molecule is COc1cc(NC(=O)CCN2CCN(c3ccccc3)CC2)cc(OC)c1OC. The third-order valence-corrected chi connectivity index (χ3v) is 5.10. The van der Waals surface area contributed by atoms with Crippen molar-refractivity contribution in [2.75, 3.05) is 64.3 Å². The zero-order valence-corrected chi connectivity index (χ0v) is 17.3. The van der Waals surface area contributed by atoms with Crippen LogP contribution in [-0.2, 0) is 4.79 Å². The van der Waals surface area contributed by atoms with Crippen LogP contribution in [0.25, 0.3) is 0 Å². The smallest absolute Gasteiger partial charge is 0.225 e. The minimum Gasteiger partial charge on any atom is -0.493 e. The van der Waals surface area contributed by atoms with Crippen LogP contribution in [-0.4, -0.2) is 64.9 Å². The van der Waals surface area contributed by atoms with E-state index >= 15 is 0 Å². The van der Waals surface area contributed by atoms with Gasteiger partial charge in [0.15, 0.2) is 11.5 Å². The normalized spacial score (nSPS) is 14.4. The van der Waals surface area contributed by atoms with Gasteiger partial charge in [-0.3, -0.25) is 9.69 Å². The van der Waals surface area contributed by atoms with E-state index in [1.165, 1.54) is 5.69 Å². The van der Waals surface area contributed by atoms with Gasteiger partial charge in [0.2, 0.25) is 11.7 Å². The number of benzene rings is 2. The van der Waals surface area contributed by atoms with Gasteiger partial charge in [-0.2, -0.15) is 0 Å². The summed E-state index contributed by atoms with van der Waals surface area (Å²) in [5.41, 5.74) is 1.88. The van der Waals surface area contributed by atoms with Crippen LogP contribution in [0, 0.1) is 0 Å². The van der Waals surface area contributed by atoms with Crippen molar-refractivity contribution in [3.63, 3.8) is 0 Å². The molecule has 0 saturated carbocycles. The molecule has 1 aliphatic rings. The van der Waals surface area contributed by atoms with Gasteiger partial charge in [-0.05, 0) is 12.1 Å². The predicted octanol–water partition coefficient (Wildman–Crippen LogP) is 2.86. The summed E-state index contributed by atoms with van der Waals surface area (Å²) in [5, 5.41) is 2.93. The van der Waals surface area contributed by atoms with Crippen LogP contribution in [0.15, 0.2) is 42.5 Å². The first-order valence-corrected chi connectivity index (χ1v) is 9.76. The monoisotopic (exact) mass is 399 g/mol. The highest BCUT2D eigenvalue weighted by atomic mass is 16.5. The molecule has 3 rings (SSSR count). The Labute approximate surface area is 172 Å². The lowest BCUT2D eigenvalue weighted by Crippen LogP contribution is -2.47. The van der Waals surface area contributed by atoms with Crippen molar-refractivity contribution in [2.45, 2.75) is 6.42 Å². The number of anilines is 2. The number of rotatable bonds is 8. The zero-order chi connectivity index (χ0) is 20.6. The minimum atomic E-state index is -0.0373. The van der Waals surface area contributed by atoms with Gasteiger partial charge in [0, 0.05) is 62.7 Å². The van der Waals surface area contributed by atoms with Gasteiger partial charge in [-0.25, -0.2) is 0 Å². The Bertz CT molecular complexity index is 780. The van der Waals surface area contributed by atoms with Crippen molar-refractivity contribution in [2.24, 2.45) is 0 Å². The summed E-state index contributed by atoms with van der Waals surface area (Å²) < 4.78 is 16.0. The fraction of sp³-hybridized carbons (Fsp3) is 0.409. The van der Waals surface area contributed by atoms with E-state index in [9.17, 15) is 4.79 Å². The molecule has 0 aromatic heterocycles. The maximum Gasteiger partial charge on any atom is 0.225 e. The van der Waals surface area contributed by atoms with Gasteiger partial charge in [0.05, 0.1) is 21.3 Å². The molecule has 1 saturated heterocycles. The Morgan fingerprint density at radius 3 is 2.10 bits per heavy atom. The molecule has 156 valence electrons. The molecule has 0 unspecified atom stereocenters. The molecule has 7 nitrogen and oxygen atoms in total. The van der Waals surface area contributed by atoms with E-state index in [2.05, 4.69) is 39.4 Å². The molecular formula is C22H29N3O4. The van der Waals surface area contributed by atoms with Gasteiger partial charge in [-0.1, -0.05) is 18.2 Å². The van der Waals surface area contributed by atoms with Gasteiger partial charge < -0.3 is 24.4 Å². The third-order valence-electron chi connectivity index (χ3n) is 5.10. The quantitative estimate of drug-likeness (QED) is 0.737. The second kappa shape index (κ2) is 10.0. The molecule has 7 heteroatoms. The Hall–Kier alpha value is -2.93. The Morgan fingerprint density at radius 1 is 0.931 bits per heavy atom. The lowest BCUT2D eigenvalue weighted by Gasteiger charge is -2.36. The summed E-state index contributed by atoms with van der Waals surface area (Å²) >= 11 is 0. The van der Waals surface area contributed by atoms with Gasteiger partial charge in [0.1, 0.15) is 0 Å². The number of ether oxygens (including phenoxy) is 3. The number of nitrogens with zero attached hydrogens (tertiary/aromatic N) is 2. The van der Waals surface area contributed by atoms with E-state index in [0.717, 1.165) is 32.7 Å². The molecule has 0 atom stereocenters. The highest BCUT2D eigenvalue weighted by Gasteiger charge is 2.18. The summed E-state index contributed by atoms with van der Waals surface area (Å²) in [6.45, 7) is 4.58. The predicted molar refractivity (Wildman–Crippen MR) is 114 cm³/mol. The first kappa shape index (κ1) is 20.8. The van der Waals surface area contributed by atoms with Gasteiger partial charge in [0.25, 0.3) is 0 Å². The van der Waals surface area contributed by atoms with Crippen molar-refractivity contribution in [3.05, 3.63) is 42.5 Å². The van der Waals surface area contributed by atoms with Crippen LogP contribution in [0.1, 0.15) is 6.42 Å². The molecule has 1 amide bonds. The summed E-state index contributed by atoms with van der Waals surface area (Å²) in [7, 11) is 4.66. The second-order valence-electron chi connectivity index (χ2n) is 6.88. The zero-order valence-electron chi connectivity index (χ0n) is 17.3. The molecule has 0 bridgehead atoms. The number of carbonyl (C=O) groups excluding carboxylic acids is 1. The van der Waals surface area contributed by atoms with Gasteiger partial charge >= 0.3 is 0 Å². The van der Waals surface area contributed by atoms with Crippen LogP contribution >= 0.6 is 0 Å².